The Hall–Kier alpha value is -11.2. The van der Waals surface area contributed by atoms with Gasteiger partial charge in [0.1, 0.15) is 0 Å². The van der Waals surface area contributed by atoms with Crippen LogP contribution in [0.5, 0.6) is 0 Å². The first-order valence-corrected chi connectivity index (χ1v) is 54.2. The first-order chi connectivity index (χ1) is 67.6. The average Bonchev–Trinajstić information content (AvgIpc) is 0.730. The van der Waals surface area contributed by atoms with E-state index < -0.39 is 31.7 Å². The predicted octanol–water partition coefficient (Wildman–Crippen LogP) is 22.1. The molecule has 0 aliphatic rings. The van der Waals surface area contributed by atoms with Crippen LogP contribution < -0.4 is 111 Å². The number of benzene rings is 20. The molecule has 144 heavy (non-hydrogen) atoms. The van der Waals surface area contributed by atoms with Crippen LogP contribution in [0.2, 0.25) is 0 Å². The van der Waals surface area contributed by atoms with Crippen molar-refractivity contribution in [3.63, 3.8) is 0 Å². The molecule has 20 aromatic rings. The monoisotopic (exact) mass is 2170 g/mol. The summed E-state index contributed by atoms with van der Waals surface area (Å²) in [5.41, 5.74) is 55.3. The minimum absolute atomic E-state index is 0. The Balaban J connectivity index is 0.000000181. The average molecular weight is 2170 g/mol. The first kappa shape index (κ1) is 110. The number of hydrogen-bond donors (Lipinski definition) is 4. The molecule has 4 nitrogen and oxygen atoms in total. The van der Waals surface area contributed by atoms with Gasteiger partial charge in [-0.3, -0.25) is 0 Å². The van der Waals surface area contributed by atoms with E-state index in [2.05, 4.69) is 402 Å². The van der Waals surface area contributed by atoms with E-state index in [9.17, 15) is 0 Å². The van der Waals surface area contributed by atoms with Crippen LogP contribution in [0.1, 0.15) is 135 Å². The molecule has 0 aromatic heterocycles. The molecule has 0 saturated heterocycles. The summed E-state index contributed by atoms with van der Waals surface area (Å²) < 4.78 is 0. The topological polar surface area (TPSA) is 104 Å². The Labute approximate surface area is 898 Å². The van der Waals surface area contributed by atoms with E-state index in [1.54, 1.807) is 0 Å². The van der Waals surface area contributed by atoms with Gasteiger partial charge in [0, 0.05) is 24.2 Å². The fourth-order valence-corrected chi connectivity index (χ4v) is 32.2. The first-order valence-electron chi connectivity index (χ1n) is 48.8. The second-order valence-electron chi connectivity index (χ2n) is 38.6. The van der Waals surface area contributed by atoms with Crippen LogP contribution in [-0.2, 0) is 39.0 Å². The van der Waals surface area contributed by atoms with Gasteiger partial charge in [-0.2, -0.15) is 0 Å². The van der Waals surface area contributed by atoms with Gasteiger partial charge in [-0.15, -0.1) is 0 Å². The summed E-state index contributed by atoms with van der Waals surface area (Å²) in [4.78, 5) is 0. The summed E-state index contributed by atoms with van der Waals surface area (Å²) in [5, 5.41) is 27.2. The third-order valence-corrected chi connectivity index (χ3v) is 35.9. The third-order valence-electron chi connectivity index (χ3n) is 26.3. The molecule has 0 spiro atoms. The summed E-state index contributed by atoms with van der Waals surface area (Å²) in [6.07, 6.45) is 0. The molecule has 0 bridgehead atoms. The maximum Gasteiger partial charge on any atom is 2.00 e. The number of halogens is 2. The standard InChI is InChI=1S/2C52H48P2.2C14H16N2.2ClH.2Ru/c2*1-33-21-34(2)26-43(25-33)53(44-27-35(3)22-36(4)28-44)49-19-17-41-13-9-11-15-47(41)51(49)52-48-16-12-10-14-42(48)18-20-50(52)54(45-29-37(5)23-38(6)30-45)46-31-39(7)24-40(8)32-46;2*15-13(11-7-3-1-4-8-11)14(16)12-9-5-2-6-10-12;;;;/h2*9-32H,1-8H3;2*1-10,13-14H,15-16H2;2*1H;;/q;;;;;;2*+2/p-2/t;;2*13-,14-;;;;/m..00..../s1. The Bertz CT molecular complexity index is 6600. The Kier molecular flexibility index (Phi) is 38.1. The summed E-state index contributed by atoms with van der Waals surface area (Å²) in [5.74, 6) is 0. The van der Waals surface area contributed by atoms with E-state index in [0.29, 0.717) is 0 Å². The van der Waals surface area contributed by atoms with Crippen LogP contribution in [0.4, 0.5) is 0 Å². The van der Waals surface area contributed by atoms with Crippen LogP contribution in [0.3, 0.4) is 0 Å². The zero-order valence-electron chi connectivity index (χ0n) is 85.1. The van der Waals surface area contributed by atoms with Gasteiger partial charge >= 0.3 is 39.0 Å². The molecule has 0 fully saturated rings. The fourth-order valence-electron chi connectivity index (χ4n) is 20.7. The van der Waals surface area contributed by atoms with Gasteiger partial charge in [0.25, 0.3) is 0 Å². The van der Waals surface area contributed by atoms with Crippen LogP contribution in [0.15, 0.2) is 413 Å². The molecule has 4 atom stereocenters. The number of fused-ring (bicyclic) bond motifs is 4. The summed E-state index contributed by atoms with van der Waals surface area (Å²) in [6.45, 7) is 35.9. The number of hydrogen-bond acceptors (Lipinski definition) is 4. The van der Waals surface area contributed by atoms with E-state index in [1.807, 2.05) is 121 Å². The molecule has 12 heteroatoms. The summed E-state index contributed by atoms with van der Waals surface area (Å²) in [7, 11) is -3.75. The molecule has 0 unspecified atom stereocenters. The molecule has 0 aliphatic heterocycles. The second kappa shape index (κ2) is 49.8. The Morgan fingerprint density at radius 1 is 0.153 bits per heavy atom. The number of aryl methyl sites for hydroxylation is 16. The smallest absolute Gasteiger partial charge is 1.00 e. The largest absolute Gasteiger partial charge is 2.00 e. The SMILES string of the molecule is Cc1cc(C)cc(P(c2cc(C)cc(C)c2)c2ccc3ccccc3c2-c2c(P(c3cc(C)cc(C)c3)c3cc(C)cc(C)c3)ccc3ccccc23)c1.Cc1cc(C)cc(P(c2cc(C)cc(C)c2)c2ccc3ccccc3c2-c2c(P(c3cc(C)cc(C)c3)c3cc(C)cc(C)c3)ccc3ccccc23)c1.N[C@@H](c1ccccc1)[C@@H](N)c1ccccc1.N[C@@H](c1ccccc1)[C@@H](N)c1ccccc1.[Cl-].[Cl-].[Ru+2].[Ru+2]. The molecule has 8 N–H and O–H groups in total. The number of nitrogens with two attached hydrogens (primary N) is 4. The molecular weight excluding hydrogens is 2040 g/mol. The van der Waals surface area contributed by atoms with Gasteiger partial charge in [-0.25, -0.2) is 0 Å². The van der Waals surface area contributed by atoms with Gasteiger partial charge in [-0.05, 0) is 294 Å². The van der Waals surface area contributed by atoms with E-state index >= 15 is 0 Å². The summed E-state index contributed by atoms with van der Waals surface area (Å²) in [6, 6.07) is 152. The van der Waals surface area contributed by atoms with Crippen LogP contribution in [-0.4, -0.2) is 0 Å². The third kappa shape index (κ3) is 25.7. The minimum Gasteiger partial charge on any atom is -1.00 e. The van der Waals surface area contributed by atoms with Crippen molar-refractivity contribution in [2.75, 3.05) is 0 Å². The van der Waals surface area contributed by atoms with Gasteiger partial charge in [0.15, 0.2) is 0 Å². The molecular formula is C132H128Cl2N4P4Ru2+2. The van der Waals surface area contributed by atoms with Crippen molar-refractivity contribution in [1.29, 1.82) is 0 Å². The molecule has 0 saturated carbocycles. The molecule has 0 aliphatic carbocycles. The molecule has 0 heterocycles. The minimum atomic E-state index is -0.937. The van der Waals surface area contributed by atoms with E-state index in [-0.39, 0.29) is 87.9 Å². The molecule has 724 valence electrons. The predicted molar refractivity (Wildman–Crippen MR) is 618 cm³/mol. The zero-order valence-corrected chi connectivity index (χ0v) is 93.7. The molecule has 20 rings (SSSR count). The maximum absolute atomic E-state index is 6.15. The van der Waals surface area contributed by atoms with E-state index in [1.165, 1.54) is 218 Å². The normalized spacial score (nSPS) is 11.9. The van der Waals surface area contributed by atoms with Gasteiger partial charge in [-0.1, -0.05) is 502 Å². The van der Waals surface area contributed by atoms with Gasteiger partial charge in [0.2, 0.25) is 0 Å². The van der Waals surface area contributed by atoms with Crippen molar-refractivity contribution in [1.82, 2.24) is 0 Å². The second-order valence-corrected chi connectivity index (χ2v) is 47.3. The summed E-state index contributed by atoms with van der Waals surface area (Å²) >= 11 is 0. The zero-order chi connectivity index (χ0) is 98.1. The quantitative estimate of drug-likeness (QED) is 0.0451. The molecule has 0 radical (unpaired) electrons. The van der Waals surface area contributed by atoms with Crippen molar-refractivity contribution >= 4 is 138 Å². The van der Waals surface area contributed by atoms with Gasteiger partial charge in [0.05, 0.1) is 0 Å². The fraction of sp³-hybridized carbons (Fsp3) is 0.152. The Morgan fingerprint density at radius 2 is 0.278 bits per heavy atom. The molecule has 0 amide bonds. The van der Waals surface area contributed by atoms with Crippen LogP contribution in [0.25, 0.3) is 65.3 Å². The van der Waals surface area contributed by atoms with E-state index in [0.717, 1.165) is 22.3 Å². The van der Waals surface area contributed by atoms with Crippen molar-refractivity contribution in [3.05, 3.63) is 524 Å². The van der Waals surface area contributed by atoms with Crippen molar-refractivity contribution < 1.29 is 63.8 Å². The maximum atomic E-state index is 6.15. The van der Waals surface area contributed by atoms with Gasteiger partial charge < -0.3 is 47.7 Å². The van der Waals surface area contributed by atoms with E-state index in [4.69, 9.17) is 22.9 Å². The van der Waals surface area contributed by atoms with Crippen LogP contribution in [0, 0.1) is 111 Å². The van der Waals surface area contributed by atoms with Crippen LogP contribution >= 0.6 is 31.7 Å². The van der Waals surface area contributed by atoms with Crippen molar-refractivity contribution in [3.8, 4) is 22.3 Å². The van der Waals surface area contributed by atoms with Crippen molar-refractivity contribution in [2.24, 2.45) is 22.9 Å². The van der Waals surface area contributed by atoms with Crippen molar-refractivity contribution in [2.45, 2.75) is 135 Å². The Morgan fingerprint density at radius 3 is 0.417 bits per heavy atom. The molecule has 20 aromatic carbocycles. The number of rotatable bonds is 20.